The maximum Gasteiger partial charge on any atom is 0.307 e. The summed E-state index contributed by atoms with van der Waals surface area (Å²) < 4.78 is 93.0. The van der Waals surface area contributed by atoms with Gasteiger partial charge in [-0.05, 0) is 90.3 Å². The van der Waals surface area contributed by atoms with E-state index in [-0.39, 0.29) is 37.1 Å². The van der Waals surface area contributed by atoms with Crippen LogP contribution in [0.25, 0.3) is 10.8 Å². The van der Waals surface area contributed by atoms with Crippen LogP contribution in [-0.2, 0) is 38.7 Å². The van der Waals surface area contributed by atoms with Gasteiger partial charge in [0.1, 0.15) is 17.7 Å². The number of aromatic nitrogens is 1. The molecular weight excluding hydrogens is 784 g/mol. The molecule has 2 aliphatic heterocycles. The molecule has 3 fully saturated rings. The van der Waals surface area contributed by atoms with Crippen molar-refractivity contribution in [2.24, 2.45) is 17.3 Å². The van der Waals surface area contributed by atoms with E-state index in [4.69, 9.17) is 18.9 Å². The minimum atomic E-state index is -4.05. The van der Waals surface area contributed by atoms with Gasteiger partial charge < -0.3 is 23.8 Å². The topological polar surface area (TPSA) is 167 Å². The van der Waals surface area contributed by atoms with Crippen LogP contribution in [-0.4, -0.2) is 96.7 Å². The highest BCUT2D eigenvalue weighted by Gasteiger charge is 2.63. The standard InChI is InChI=1S/C41H52F3N3O10S/c1-7-32-29(18-34(49)57-39(3,4)37(43)44)36(50)47-22-26(56-35-28-16-25(42)12-13-27(28)33(54-6)21-45-35)17-30(47)31(48)20-41(19-24(41)11-9-8-10-23(2)55-32)38(51)46-58(52,53)40(5)14-15-40/h9,11-13,16,21,23-24,26,29-30,32,37H,7-8,10,14-15,17-20,22H2,1-6H3,(H,46,51)/b11-9-/t23-,24-,26-,29+,30+,32+,41-/m1/s1. The summed E-state index contributed by atoms with van der Waals surface area (Å²) in [5.74, 6) is -5.07. The lowest BCUT2D eigenvalue weighted by Crippen LogP contribution is -2.49. The molecule has 7 atom stereocenters. The summed E-state index contributed by atoms with van der Waals surface area (Å²) in [7, 11) is -2.61. The van der Waals surface area contributed by atoms with Gasteiger partial charge in [-0.3, -0.25) is 23.9 Å². The zero-order valence-electron chi connectivity index (χ0n) is 33.6. The summed E-state index contributed by atoms with van der Waals surface area (Å²) in [5.41, 5.74) is -3.57. The Labute approximate surface area is 336 Å². The number of hydrogen-bond acceptors (Lipinski definition) is 11. The van der Waals surface area contributed by atoms with E-state index < -0.39 is 111 Å². The van der Waals surface area contributed by atoms with Crippen LogP contribution in [0.15, 0.2) is 36.5 Å². The number of Topliss-reactive ketones (excluding diaryl/α,β-unsaturated/α-hetero) is 1. The number of methoxy groups -OCH3 is 1. The zero-order valence-corrected chi connectivity index (χ0v) is 34.4. The van der Waals surface area contributed by atoms with Gasteiger partial charge in [-0.15, -0.1) is 0 Å². The fourth-order valence-corrected chi connectivity index (χ4v) is 9.28. The normalized spacial score (nSPS) is 29.4. The van der Waals surface area contributed by atoms with Crippen molar-refractivity contribution in [3.05, 3.63) is 42.4 Å². The molecule has 2 saturated carbocycles. The Hall–Kier alpha value is -4.25. The molecule has 1 N–H and O–H groups in total. The molecule has 1 aromatic carbocycles. The minimum Gasteiger partial charge on any atom is -0.494 e. The Morgan fingerprint density at radius 2 is 1.90 bits per heavy atom. The Morgan fingerprint density at radius 1 is 1.17 bits per heavy atom. The number of benzene rings is 1. The number of ether oxygens (including phenoxy) is 4. The van der Waals surface area contributed by atoms with E-state index in [2.05, 4.69) is 9.71 Å². The van der Waals surface area contributed by atoms with E-state index in [1.165, 1.54) is 36.4 Å². The molecule has 0 unspecified atom stereocenters. The first-order chi connectivity index (χ1) is 27.2. The predicted octanol–water partition coefficient (Wildman–Crippen LogP) is 5.82. The van der Waals surface area contributed by atoms with Crippen LogP contribution < -0.4 is 14.2 Å². The number of sulfonamides is 1. The van der Waals surface area contributed by atoms with Crippen LogP contribution in [0.3, 0.4) is 0 Å². The molecule has 0 bridgehead atoms. The molecule has 58 heavy (non-hydrogen) atoms. The molecular formula is C41H52F3N3O10S. The molecule has 1 saturated heterocycles. The maximum atomic E-state index is 14.9. The molecule has 2 aromatic rings. The number of ketones is 1. The third kappa shape index (κ3) is 8.85. The second-order valence-corrected chi connectivity index (χ2v) is 19.1. The first-order valence-electron chi connectivity index (χ1n) is 19.7. The van der Waals surface area contributed by atoms with Crippen LogP contribution in [0.4, 0.5) is 13.2 Å². The van der Waals surface area contributed by atoms with Gasteiger partial charge in [-0.1, -0.05) is 19.1 Å². The van der Waals surface area contributed by atoms with Crippen LogP contribution in [0.1, 0.15) is 92.4 Å². The lowest BCUT2D eigenvalue weighted by molar-refractivity contribution is -0.176. The minimum absolute atomic E-state index is 0.00269. The van der Waals surface area contributed by atoms with Gasteiger partial charge in [-0.25, -0.2) is 26.6 Å². The lowest BCUT2D eigenvalue weighted by Gasteiger charge is -2.34. The van der Waals surface area contributed by atoms with Crippen molar-refractivity contribution >= 4 is 44.4 Å². The molecule has 1 aromatic heterocycles. The van der Waals surface area contributed by atoms with E-state index in [0.29, 0.717) is 36.8 Å². The van der Waals surface area contributed by atoms with Gasteiger partial charge in [0.05, 0.1) is 66.0 Å². The number of pyridine rings is 1. The van der Waals surface area contributed by atoms with Gasteiger partial charge in [0.2, 0.25) is 27.7 Å². The quantitative estimate of drug-likeness (QED) is 0.214. The molecule has 0 radical (unpaired) electrons. The number of nitrogens with zero attached hydrogens (tertiary/aromatic N) is 2. The summed E-state index contributed by atoms with van der Waals surface area (Å²) in [4.78, 5) is 62.5. The number of carbonyl (C=O) groups is 4. The van der Waals surface area contributed by atoms with Crippen molar-refractivity contribution in [3.63, 3.8) is 0 Å². The number of fused-ring (bicyclic) bond motifs is 3. The summed E-state index contributed by atoms with van der Waals surface area (Å²) >= 11 is 0. The average Bonchev–Trinajstić information content (AvgIpc) is 4.04. The highest BCUT2D eigenvalue weighted by atomic mass is 32.2. The van der Waals surface area contributed by atoms with Gasteiger partial charge in [-0.2, -0.15) is 0 Å². The highest BCUT2D eigenvalue weighted by molar-refractivity contribution is 7.91. The Kier molecular flexibility index (Phi) is 12.3. The number of allylic oxidation sites excluding steroid dienone is 2. The predicted molar refractivity (Wildman–Crippen MR) is 205 cm³/mol. The smallest absolute Gasteiger partial charge is 0.307 e. The van der Waals surface area contributed by atoms with Crippen molar-refractivity contribution in [2.45, 2.75) is 134 Å². The van der Waals surface area contributed by atoms with Gasteiger partial charge in [0, 0.05) is 18.2 Å². The summed E-state index contributed by atoms with van der Waals surface area (Å²) in [5, 5.41) is 0.762. The van der Waals surface area contributed by atoms with Crippen molar-refractivity contribution < 1.29 is 59.7 Å². The molecule has 17 heteroatoms. The average molecular weight is 836 g/mol. The van der Waals surface area contributed by atoms with E-state index in [1.807, 2.05) is 12.2 Å². The molecule has 6 rings (SSSR count). The van der Waals surface area contributed by atoms with Crippen LogP contribution >= 0.6 is 0 Å². The number of nitrogens with one attached hydrogen (secondary N) is 1. The van der Waals surface area contributed by atoms with E-state index >= 15 is 0 Å². The molecule has 2 amide bonds. The number of amides is 2. The maximum absolute atomic E-state index is 14.9. The van der Waals surface area contributed by atoms with E-state index in [9.17, 15) is 40.8 Å². The number of esters is 1. The van der Waals surface area contributed by atoms with Crippen LogP contribution in [0.2, 0.25) is 0 Å². The third-order valence-electron chi connectivity index (χ3n) is 12.1. The summed E-state index contributed by atoms with van der Waals surface area (Å²) in [6.07, 6.45) is 0.823. The molecule has 0 spiro atoms. The Morgan fingerprint density at radius 3 is 2.55 bits per heavy atom. The lowest BCUT2D eigenvalue weighted by atomic mass is 9.90. The van der Waals surface area contributed by atoms with Crippen molar-refractivity contribution in [2.75, 3.05) is 13.7 Å². The first-order valence-corrected chi connectivity index (χ1v) is 21.2. The van der Waals surface area contributed by atoms with E-state index in [0.717, 1.165) is 13.8 Å². The fraction of sp³-hybridized carbons (Fsp3) is 0.634. The molecule has 318 valence electrons. The number of halogens is 3. The molecule has 3 heterocycles. The van der Waals surface area contributed by atoms with Gasteiger partial charge >= 0.3 is 5.97 Å². The third-order valence-corrected chi connectivity index (χ3v) is 14.2. The Balaban J connectivity index is 1.38. The fourth-order valence-electron chi connectivity index (χ4n) is 7.94. The van der Waals surface area contributed by atoms with Crippen molar-refractivity contribution in [1.82, 2.24) is 14.6 Å². The summed E-state index contributed by atoms with van der Waals surface area (Å²) in [6, 6.07) is 2.74. The monoisotopic (exact) mass is 835 g/mol. The number of rotatable bonds is 11. The SMILES string of the molecule is CC[C@@H]1O[C@H](C)CC/C=C\[C@@H]2C[C@@]2(C(=O)NS(=O)(=O)C2(C)CC2)CC(=O)[C@@H]2C[C@@H](Oc3ncc(OC)c4ccc(F)cc34)CN2C(=O)[C@H]1CC(=O)OC(C)(C)C(F)F. The van der Waals surface area contributed by atoms with Crippen molar-refractivity contribution in [1.29, 1.82) is 0 Å². The molecule has 4 aliphatic rings. The summed E-state index contributed by atoms with van der Waals surface area (Å²) in [6.45, 7) is 7.01. The first kappa shape index (κ1) is 43.3. The number of hydrogen-bond donors (Lipinski definition) is 1. The largest absolute Gasteiger partial charge is 0.494 e. The highest BCUT2D eigenvalue weighted by Crippen LogP contribution is 2.57. The van der Waals surface area contributed by atoms with Crippen molar-refractivity contribution in [3.8, 4) is 11.6 Å². The van der Waals surface area contributed by atoms with Gasteiger partial charge in [0.25, 0.3) is 6.43 Å². The molecule has 2 aliphatic carbocycles. The van der Waals surface area contributed by atoms with Crippen LogP contribution in [0, 0.1) is 23.1 Å². The Bertz CT molecular complexity index is 2080. The number of carbonyl (C=O) groups excluding carboxylic acids is 4. The second-order valence-electron chi connectivity index (χ2n) is 16.9. The zero-order chi connectivity index (χ0) is 42.4. The molecule has 13 nitrogen and oxygen atoms in total. The number of alkyl halides is 2. The van der Waals surface area contributed by atoms with Gasteiger partial charge in [0.15, 0.2) is 11.4 Å². The van der Waals surface area contributed by atoms with E-state index in [1.54, 1.807) is 20.8 Å². The second kappa shape index (κ2) is 16.4. The van der Waals surface area contributed by atoms with Crippen LogP contribution in [0.5, 0.6) is 11.6 Å².